The molecule has 2 aliphatic rings. The first-order valence-electron chi connectivity index (χ1n) is 18.2. The number of benzene rings is 8. The zero-order valence-corrected chi connectivity index (χ0v) is 29.9. The van der Waals surface area contributed by atoms with E-state index < -0.39 is 0 Å². The Morgan fingerprint density at radius 2 is 1.16 bits per heavy atom. The molecule has 8 aromatic carbocycles. The van der Waals surface area contributed by atoms with Crippen LogP contribution >= 0.6 is 0 Å². The third kappa shape index (κ3) is 4.54. The molecule has 1 aliphatic heterocycles. The summed E-state index contributed by atoms with van der Waals surface area (Å²) in [5.74, 6) is 1.86. The van der Waals surface area contributed by atoms with Crippen molar-refractivity contribution in [1.82, 2.24) is 0 Å². The second kappa shape index (κ2) is 10.7. The van der Waals surface area contributed by atoms with Crippen molar-refractivity contribution in [2.24, 2.45) is 5.41 Å². The van der Waals surface area contributed by atoms with Gasteiger partial charge in [-0.2, -0.15) is 0 Å². The largest absolute Gasteiger partial charge is 0.456 e. The summed E-state index contributed by atoms with van der Waals surface area (Å²) in [6, 6.07) is 51.7. The molecule has 0 amide bonds. The van der Waals surface area contributed by atoms with Gasteiger partial charge in [-0.05, 0) is 119 Å². The van der Waals surface area contributed by atoms with Gasteiger partial charge in [0.1, 0.15) is 11.5 Å². The predicted molar refractivity (Wildman–Crippen MR) is 216 cm³/mol. The molecule has 0 saturated heterocycles. The van der Waals surface area contributed by atoms with Crippen LogP contribution in [0.3, 0.4) is 0 Å². The van der Waals surface area contributed by atoms with E-state index >= 15 is 0 Å². The molecule has 1 heteroatoms. The van der Waals surface area contributed by atoms with Gasteiger partial charge in [-0.15, -0.1) is 0 Å². The molecule has 0 fully saturated rings. The quantitative estimate of drug-likeness (QED) is 0.172. The van der Waals surface area contributed by atoms with Crippen molar-refractivity contribution in [1.29, 1.82) is 0 Å². The summed E-state index contributed by atoms with van der Waals surface area (Å²) in [6.45, 7) is 11.8. The van der Waals surface area contributed by atoms with Gasteiger partial charge in [0.2, 0.25) is 0 Å². The second-order valence-electron chi connectivity index (χ2n) is 16.3. The van der Waals surface area contributed by atoms with Crippen LogP contribution in [0.2, 0.25) is 0 Å². The van der Waals surface area contributed by atoms with E-state index in [4.69, 9.17) is 4.74 Å². The molecule has 0 aromatic heterocycles. The first kappa shape index (κ1) is 30.2. The van der Waals surface area contributed by atoms with Crippen LogP contribution in [-0.2, 0) is 11.8 Å². The molecule has 8 aromatic rings. The Kier molecular flexibility index (Phi) is 6.32. The van der Waals surface area contributed by atoms with Crippen LogP contribution in [0.1, 0.15) is 51.3 Å². The number of fused-ring (bicyclic) bond motifs is 8. The lowest BCUT2D eigenvalue weighted by Gasteiger charge is -2.29. The van der Waals surface area contributed by atoms with Gasteiger partial charge in [0.05, 0.1) is 0 Å². The molecule has 10 rings (SSSR count). The van der Waals surface area contributed by atoms with Crippen LogP contribution in [-0.4, -0.2) is 0 Å². The number of ether oxygens (including phenoxy) is 1. The average Bonchev–Trinajstić information content (AvgIpc) is 3.37. The van der Waals surface area contributed by atoms with Crippen LogP contribution in [0, 0.1) is 5.41 Å². The molecule has 0 radical (unpaired) electrons. The first-order valence-corrected chi connectivity index (χ1v) is 18.2. The van der Waals surface area contributed by atoms with Crippen LogP contribution < -0.4 is 4.74 Å². The third-order valence-corrected chi connectivity index (χ3v) is 11.4. The fraction of sp³-hybridized carbons (Fsp3) is 0.160. The maximum atomic E-state index is 6.88. The molecule has 0 atom stereocenters. The summed E-state index contributed by atoms with van der Waals surface area (Å²) in [6.07, 6.45) is 0.957. The van der Waals surface area contributed by atoms with Crippen molar-refractivity contribution in [3.8, 4) is 56.0 Å². The summed E-state index contributed by atoms with van der Waals surface area (Å²) in [5, 5.41) is 7.58. The first-order chi connectivity index (χ1) is 24.7. The maximum absolute atomic E-state index is 6.88. The average molecular weight is 657 g/mol. The lowest BCUT2D eigenvalue weighted by molar-refractivity contribution is 0.413. The van der Waals surface area contributed by atoms with E-state index in [0.29, 0.717) is 0 Å². The highest BCUT2D eigenvalue weighted by Gasteiger charge is 2.35. The second-order valence-corrected chi connectivity index (χ2v) is 16.3. The van der Waals surface area contributed by atoms with Gasteiger partial charge in [-0.25, -0.2) is 0 Å². The van der Waals surface area contributed by atoms with E-state index in [1.807, 2.05) is 0 Å². The number of hydrogen-bond acceptors (Lipinski definition) is 1. The molecular weight excluding hydrogens is 617 g/mol. The van der Waals surface area contributed by atoms with Crippen molar-refractivity contribution in [3.63, 3.8) is 0 Å². The standard InChI is InChI=1S/C50H40O/c1-49(2,3)29-42-36-23-20-31(32-21-24-38-37-15-8-9-18-43(37)50(4,5)44(38)27-32)26-41(36)39-17-11-19-45-48(39)47(42)40-25-22-33(28-46(40)51-45)35-16-10-13-30-12-6-7-14-34(30)35/h6-28H,29H2,1-5H3. The molecular formula is C50H40O. The van der Waals surface area contributed by atoms with Gasteiger partial charge in [0.15, 0.2) is 0 Å². The lowest BCUT2D eigenvalue weighted by atomic mass is 9.78. The van der Waals surface area contributed by atoms with Crippen molar-refractivity contribution < 1.29 is 4.74 Å². The molecule has 246 valence electrons. The van der Waals surface area contributed by atoms with E-state index in [-0.39, 0.29) is 10.8 Å². The van der Waals surface area contributed by atoms with Crippen LogP contribution in [0.15, 0.2) is 140 Å². The molecule has 1 heterocycles. The minimum atomic E-state index is -0.0373. The summed E-state index contributed by atoms with van der Waals surface area (Å²) < 4.78 is 6.88. The van der Waals surface area contributed by atoms with E-state index in [1.54, 1.807) is 0 Å². The van der Waals surface area contributed by atoms with Gasteiger partial charge in [0, 0.05) is 21.9 Å². The molecule has 0 bridgehead atoms. The molecule has 0 saturated carbocycles. The highest BCUT2D eigenvalue weighted by molar-refractivity contribution is 6.20. The Morgan fingerprint density at radius 1 is 0.490 bits per heavy atom. The molecule has 0 N–H and O–H groups in total. The van der Waals surface area contributed by atoms with Crippen molar-refractivity contribution in [2.75, 3.05) is 0 Å². The van der Waals surface area contributed by atoms with Crippen LogP contribution in [0.25, 0.3) is 76.8 Å². The van der Waals surface area contributed by atoms with Crippen molar-refractivity contribution in [2.45, 2.75) is 46.5 Å². The third-order valence-electron chi connectivity index (χ3n) is 11.4. The van der Waals surface area contributed by atoms with Gasteiger partial charge in [0.25, 0.3) is 0 Å². The SMILES string of the molecule is CC(C)(C)Cc1c2c3c(cccc3c3cc(-c4ccc5c(c4)C(C)(C)c4ccccc4-5)ccc13)Oc1cc(-c3cccc4ccccc34)ccc1-2. The summed E-state index contributed by atoms with van der Waals surface area (Å²) in [5.41, 5.74) is 14.4. The number of rotatable bonds is 3. The predicted octanol–water partition coefficient (Wildman–Crippen LogP) is 14.1. The number of hydrogen-bond donors (Lipinski definition) is 0. The van der Waals surface area contributed by atoms with Gasteiger partial charge in [-0.1, -0.05) is 144 Å². The van der Waals surface area contributed by atoms with E-state index in [9.17, 15) is 0 Å². The topological polar surface area (TPSA) is 9.23 Å². The maximum Gasteiger partial charge on any atom is 0.135 e. The van der Waals surface area contributed by atoms with Gasteiger partial charge >= 0.3 is 0 Å². The summed E-state index contributed by atoms with van der Waals surface area (Å²) in [4.78, 5) is 0. The molecule has 1 nitrogen and oxygen atoms in total. The smallest absolute Gasteiger partial charge is 0.135 e. The highest BCUT2D eigenvalue weighted by atomic mass is 16.5. The Hall–Kier alpha value is -5.66. The lowest BCUT2D eigenvalue weighted by Crippen LogP contribution is -2.14. The molecule has 51 heavy (non-hydrogen) atoms. The van der Waals surface area contributed by atoms with Crippen LogP contribution in [0.5, 0.6) is 11.5 Å². The normalized spacial score (nSPS) is 14.0. The highest BCUT2D eigenvalue weighted by Crippen LogP contribution is 2.54. The zero-order valence-electron chi connectivity index (χ0n) is 29.9. The van der Waals surface area contributed by atoms with Crippen LogP contribution in [0.4, 0.5) is 0 Å². The Morgan fingerprint density at radius 3 is 2.04 bits per heavy atom. The van der Waals surface area contributed by atoms with E-state index in [1.165, 1.54) is 93.5 Å². The van der Waals surface area contributed by atoms with Crippen molar-refractivity contribution >= 4 is 32.3 Å². The zero-order chi connectivity index (χ0) is 34.6. The molecule has 1 aliphatic carbocycles. The Balaban J connectivity index is 1.18. The molecule has 0 spiro atoms. The Bertz CT molecular complexity index is 2750. The van der Waals surface area contributed by atoms with Crippen molar-refractivity contribution in [3.05, 3.63) is 156 Å². The fourth-order valence-electron chi connectivity index (χ4n) is 9.07. The van der Waals surface area contributed by atoms with Gasteiger partial charge in [-0.3, -0.25) is 0 Å². The van der Waals surface area contributed by atoms with E-state index in [0.717, 1.165) is 17.9 Å². The Labute approximate surface area is 300 Å². The summed E-state index contributed by atoms with van der Waals surface area (Å²) in [7, 11) is 0. The minimum Gasteiger partial charge on any atom is -0.456 e. The minimum absolute atomic E-state index is 0.0373. The molecule has 0 unspecified atom stereocenters. The monoisotopic (exact) mass is 656 g/mol. The summed E-state index contributed by atoms with van der Waals surface area (Å²) >= 11 is 0. The van der Waals surface area contributed by atoms with Gasteiger partial charge < -0.3 is 4.74 Å². The van der Waals surface area contributed by atoms with E-state index in [2.05, 4.69) is 174 Å². The fourth-order valence-corrected chi connectivity index (χ4v) is 9.07.